The Labute approximate surface area is 137 Å². The van der Waals surface area contributed by atoms with Crippen LogP contribution in [0.3, 0.4) is 0 Å². The maximum atomic E-state index is 12.1. The number of carboxylic acid groups (broad SMARTS) is 1. The van der Waals surface area contributed by atoms with Crippen molar-refractivity contribution in [1.29, 1.82) is 0 Å². The summed E-state index contributed by atoms with van der Waals surface area (Å²) in [4.78, 5) is 23.4. The molecule has 8 heteroatoms. The van der Waals surface area contributed by atoms with E-state index in [1.807, 2.05) is 0 Å². The molecule has 0 aliphatic rings. The summed E-state index contributed by atoms with van der Waals surface area (Å²) in [5, 5.41) is 11.8. The van der Waals surface area contributed by atoms with E-state index < -0.39 is 21.7 Å². The van der Waals surface area contributed by atoms with E-state index >= 15 is 0 Å². The number of sulfone groups is 1. The minimum absolute atomic E-state index is 0.0896. The van der Waals surface area contributed by atoms with E-state index in [4.69, 9.17) is 16.7 Å². The van der Waals surface area contributed by atoms with Gasteiger partial charge in [-0.2, -0.15) is 0 Å². The lowest BCUT2D eigenvalue weighted by Crippen LogP contribution is -2.15. The first kappa shape index (κ1) is 17.0. The van der Waals surface area contributed by atoms with Crippen LogP contribution in [0.4, 0.5) is 5.69 Å². The number of carboxylic acids is 1. The van der Waals surface area contributed by atoms with Gasteiger partial charge in [0.25, 0.3) is 5.91 Å². The van der Waals surface area contributed by atoms with Crippen LogP contribution in [-0.4, -0.2) is 31.7 Å². The quantitative estimate of drug-likeness (QED) is 0.880. The van der Waals surface area contributed by atoms with Gasteiger partial charge in [-0.1, -0.05) is 11.6 Å². The molecule has 0 spiro atoms. The van der Waals surface area contributed by atoms with Gasteiger partial charge >= 0.3 is 5.97 Å². The third kappa shape index (κ3) is 4.08. The van der Waals surface area contributed by atoms with Gasteiger partial charge in [-0.15, -0.1) is 0 Å². The zero-order valence-corrected chi connectivity index (χ0v) is 13.5. The summed E-state index contributed by atoms with van der Waals surface area (Å²) in [7, 11) is -3.35. The molecule has 6 nitrogen and oxygen atoms in total. The highest BCUT2D eigenvalue weighted by atomic mass is 35.5. The van der Waals surface area contributed by atoms with Crippen LogP contribution in [0.25, 0.3) is 0 Å². The van der Waals surface area contributed by atoms with Crippen LogP contribution in [0.5, 0.6) is 0 Å². The molecule has 0 fully saturated rings. The summed E-state index contributed by atoms with van der Waals surface area (Å²) >= 11 is 5.74. The Bertz CT molecular complexity index is 875. The van der Waals surface area contributed by atoms with Crippen molar-refractivity contribution in [2.45, 2.75) is 4.90 Å². The number of amides is 1. The average Bonchev–Trinajstić information content (AvgIpc) is 2.48. The van der Waals surface area contributed by atoms with Crippen molar-refractivity contribution in [3.63, 3.8) is 0 Å². The van der Waals surface area contributed by atoms with Crippen molar-refractivity contribution in [3.05, 3.63) is 58.6 Å². The number of carbonyl (C=O) groups is 2. The molecule has 0 heterocycles. The largest absolute Gasteiger partial charge is 0.478 e. The van der Waals surface area contributed by atoms with Crippen LogP contribution in [0.15, 0.2) is 47.4 Å². The van der Waals surface area contributed by atoms with Crippen molar-refractivity contribution < 1.29 is 23.1 Å². The first-order valence-corrected chi connectivity index (χ1v) is 8.60. The molecule has 0 bridgehead atoms. The van der Waals surface area contributed by atoms with Gasteiger partial charge in [0.1, 0.15) is 0 Å². The lowest BCUT2D eigenvalue weighted by atomic mass is 10.1. The van der Waals surface area contributed by atoms with Gasteiger partial charge in [-0.25, -0.2) is 13.2 Å². The third-order valence-electron chi connectivity index (χ3n) is 3.00. The normalized spacial score (nSPS) is 11.0. The maximum Gasteiger partial charge on any atom is 0.337 e. The van der Waals surface area contributed by atoms with E-state index in [1.54, 1.807) is 0 Å². The minimum atomic E-state index is -3.35. The molecule has 2 aromatic rings. The van der Waals surface area contributed by atoms with Gasteiger partial charge in [0.05, 0.1) is 16.1 Å². The fourth-order valence-corrected chi connectivity index (χ4v) is 2.65. The van der Waals surface area contributed by atoms with Crippen LogP contribution in [-0.2, 0) is 9.84 Å². The lowest BCUT2D eigenvalue weighted by Gasteiger charge is -2.09. The van der Waals surface area contributed by atoms with Gasteiger partial charge < -0.3 is 10.4 Å². The standard InChI is InChI=1S/C15H12ClNO5S/c1-23(21,22)11-5-2-9(3-6-11)14(18)17-13-7-4-10(16)8-12(13)15(19)20/h2-8H,1H3,(H,17,18)(H,19,20). The van der Waals surface area contributed by atoms with Gasteiger partial charge in [0, 0.05) is 16.8 Å². The number of anilines is 1. The second-order valence-electron chi connectivity index (χ2n) is 4.75. The number of aromatic carboxylic acids is 1. The predicted octanol–water partition coefficient (Wildman–Crippen LogP) is 2.69. The minimum Gasteiger partial charge on any atom is -0.478 e. The molecule has 0 unspecified atom stereocenters. The first-order chi connectivity index (χ1) is 10.7. The van der Waals surface area contributed by atoms with E-state index in [0.29, 0.717) is 0 Å². The highest BCUT2D eigenvalue weighted by Crippen LogP contribution is 2.21. The highest BCUT2D eigenvalue weighted by Gasteiger charge is 2.15. The van der Waals surface area contributed by atoms with E-state index in [2.05, 4.69) is 5.32 Å². The summed E-state index contributed by atoms with van der Waals surface area (Å²) in [5.41, 5.74) is 0.154. The lowest BCUT2D eigenvalue weighted by molar-refractivity contribution is 0.0698. The van der Waals surface area contributed by atoms with E-state index in [-0.39, 0.29) is 26.7 Å². The summed E-state index contributed by atoms with van der Waals surface area (Å²) in [6.45, 7) is 0. The van der Waals surface area contributed by atoms with Crippen molar-refractivity contribution >= 4 is 39.0 Å². The molecule has 120 valence electrons. The zero-order valence-electron chi connectivity index (χ0n) is 11.9. The number of nitrogens with one attached hydrogen (secondary N) is 1. The molecule has 0 aliphatic heterocycles. The maximum absolute atomic E-state index is 12.1. The molecule has 0 saturated carbocycles. The molecular weight excluding hydrogens is 342 g/mol. The van der Waals surface area contributed by atoms with Crippen LogP contribution in [0.1, 0.15) is 20.7 Å². The number of hydrogen-bond donors (Lipinski definition) is 2. The Kier molecular flexibility index (Phi) is 4.72. The van der Waals surface area contributed by atoms with Gasteiger partial charge in [0.15, 0.2) is 9.84 Å². The number of rotatable bonds is 4. The van der Waals surface area contributed by atoms with E-state index in [0.717, 1.165) is 6.26 Å². The van der Waals surface area contributed by atoms with Crippen LogP contribution in [0, 0.1) is 0 Å². The number of hydrogen-bond acceptors (Lipinski definition) is 4. The Balaban J connectivity index is 2.28. The van der Waals surface area contributed by atoms with Crippen molar-refractivity contribution in [2.24, 2.45) is 0 Å². The van der Waals surface area contributed by atoms with Crippen molar-refractivity contribution in [2.75, 3.05) is 11.6 Å². The molecule has 0 aromatic heterocycles. The summed E-state index contributed by atoms with van der Waals surface area (Å²) in [5.74, 6) is -1.79. The number of benzene rings is 2. The zero-order chi connectivity index (χ0) is 17.2. The summed E-state index contributed by atoms with van der Waals surface area (Å²) < 4.78 is 22.8. The molecule has 23 heavy (non-hydrogen) atoms. The van der Waals surface area contributed by atoms with Gasteiger partial charge in [0.2, 0.25) is 0 Å². The van der Waals surface area contributed by atoms with E-state index in [1.165, 1.54) is 42.5 Å². The average molecular weight is 354 g/mol. The number of carbonyl (C=O) groups excluding carboxylic acids is 1. The Morgan fingerprint density at radius 3 is 2.22 bits per heavy atom. The predicted molar refractivity (Wildman–Crippen MR) is 85.9 cm³/mol. The molecule has 2 N–H and O–H groups in total. The van der Waals surface area contributed by atoms with Crippen molar-refractivity contribution in [1.82, 2.24) is 0 Å². The highest BCUT2D eigenvalue weighted by molar-refractivity contribution is 7.90. The Morgan fingerprint density at radius 2 is 1.70 bits per heavy atom. The SMILES string of the molecule is CS(=O)(=O)c1ccc(C(=O)Nc2ccc(Cl)cc2C(=O)O)cc1. The second kappa shape index (κ2) is 6.39. The molecular formula is C15H12ClNO5S. The summed E-state index contributed by atoms with van der Waals surface area (Å²) in [6.07, 6.45) is 1.06. The molecule has 2 rings (SSSR count). The fourth-order valence-electron chi connectivity index (χ4n) is 1.85. The first-order valence-electron chi connectivity index (χ1n) is 6.33. The van der Waals surface area contributed by atoms with E-state index in [9.17, 15) is 18.0 Å². The van der Waals surface area contributed by atoms with Crippen molar-refractivity contribution in [3.8, 4) is 0 Å². The molecule has 0 radical (unpaired) electrons. The monoisotopic (exact) mass is 353 g/mol. The number of halogens is 1. The smallest absolute Gasteiger partial charge is 0.337 e. The second-order valence-corrected chi connectivity index (χ2v) is 7.20. The fraction of sp³-hybridized carbons (Fsp3) is 0.0667. The molecule has 2 aromatic carbocycles. The molecule has 0 aliphatic carbocycles. The Hall–Kier alpha value is -2.38. The summed E-state index contributed by atoms with van der Waals surface area (Å²) in [6, 6.07) is 9.38. The van der Waals surface area contributed by atoms with Gasteiger partial charge in [-0.05, 0) is 42.5 Å². The molecule has 0 saturated heterocycles. The van der Waals surface area contributed by atoms with Crippen LogP contribution >= 0.6 is 11.6 Å². The van der Waals surface area contributed by atoms with Crippen LogP contribution < -0.4 is 5.32 Å². The molecule has 0 atom stereocenters. The van der Waals surface area contributed by atoms with Gasteiger partial charge in [-0.3, -0.25) is 4.79 Å². The topological polar surface area (TPSA) is 101 Å². The Morgan fingerprint density at radius 1 is 1.09 bits per heavy atom. The third-order valence-corrected chi connectivity index (χ3v) is 4.37. The van der Waals surface area contributed by atoms with Crippen LogP contribution in [0.2, 0.25) is 5.02 Å². The molecule has 1 amide bonds.